The molecule has 6 atom stereocenters. The van der Waals surface area contributed by atoms with Crippen molar-refractivity contribution in [3.05, 3.63) is 29.3 Å². The van der Waals surface area contributed by atoms with Crippen molar-refractivity contribution in [3.8, 4) is 5.75 Å². The van der Waals surface area contributed by atoms with Gasteiger partial charge in [-0.3, -0.25) is 4.90 Å². The van der Waals surface area contributed by atoms with Gasteiger partial charge in [0.05, 0.1) is 0 Å². The lowest BCUT2D eigenvalue weighted by Gasteiger charge is -2.59. The van der Waals surface area contributed by atoms with Crippen LogP contribution in [0.25, 0.3) is 0 Å². The number of phenolic OH excluding ortho intramolecular Hbond substituents is 1. The lowest BCUT2D eigenvalue weighted by atomic mass is 9.52. The van der Waals surface area contributed by atoms with Gasteiger partial charge in [-0.25, -0.2) is 9.59 Å². The van der Waals surface area contributed by atoms with E-state index < -0.39 is 24.1 Å². The summed E-state index contributed by atoms with van der Waals surface area (Å²) < 4.78 is 0. The SMILES string of the molecule is CCC(C)CN1CC[C@]23CCCC[C@H]2[C@@H]1Cc1ccc(O)cc13.O=C(O)[C@H](O)[C@@H](O)C(=O)O. The van der Waals surface area contributed by atoms with Crippen molar-refractivity contribution in [2.24, 2.45) is 11.8 Å². The molecule has 1 heterocycles. The highest BCUT2D eigenvalue weighted by molar-refractivity contribution is 5.83. The number of aliphatic carboxylic acids is 2. The van der Waals surface area contributed by atoms with Crippen molar-refractivity contribution in [1.29, 1.82) is 0 Å². The Labute approximate surface area is 194 Å². The second-order valence-electron chi connectivity index (χ2n) is 9.95. The summed E-state index contributed by atoms with van der Waals surface area (Å²) in [7, 11) is 0. The summed E-state index contributed by atoms with van der Waals surface area (Å²) in [5.74, 6) is -1.47. The van der Waals surface area contributed by atoms with E-state index in [1.165, 1.54) is 69.2 Å². The summed E-state index contributed by atoms with van der Waals surface area (Å²) in [5, 5.41) is 42.6. The van der Waals surface area contributed by atoms with Crippen LogP contribution in [0.5, 0.6) is 5.75 Å². The molecule has 5 N–H and O–H groups in total. The Balaban J connectivity index is 0.000000262. The fourth-order valence-electron chi connectivity index (χ4n) is 6.10. The minimum atomic E-state index is -2.27. The van der Waals surface area contributed by atoms with Crippen molar-refractivity contribution < 1.29 is 35.1 Å². The molecule has 3 aliphatic rings. The molecule has 0 amide bonds. The van der Waals surface area contributed by atoms with E-state index in [9.17, 15) is 14.7 Å². The Kier molecular flexibility index (Phi) is 8.03. The molecule has 1 saturated carbocycles. The van der Waals surface area contributed by atoms with Crippen LogP contribution in [0.15, 0.2) is 18.2 Å². The maximum Gasteiger partial charge on any atom is 0.335 e. The minimum Gasteiger partial charge on any atom is -0.508 e. The van der Waals surface area contributed by atoms with Crippen molar-refractivity contribution in [1.82, 2.24) is 4.90 Å². The largest absolute Gasteiger partial charge is 0.508 e. The van der Waals surface area contributed by atoms with Crippen LogP contribution >= 0.6 is 0 Å². The number of nitrogens with zero attached hydrogens (tertiary/aromatic N) is 1. The first kappa shape index (κ1) is 25.5. The third-order valence-electron chi connectivity index (χ3n) is 7.98. The molecule has 184 valence electrons. The molecule has 1 aromatic rings. The number of phenols is 1. The van der Waals surface area contributed by atoms with Crippen molar-refractivity contribution in [2.75, 3.05) is 13.1 Å². The fourth-order valence-corrected chi connectivity index (χ4v) is 6.10. The van der Waals surface area contributed by atoms with Crippen LogP contribution in [0, 0.1) is 11.8 Å². The van der Waals surface area contributed by atoms with Gasteiger partial charge in [-0.1, -0.05) is 39.2 Å². The van der Waals surface area contributed by atoms with E-state index in [1.807, 2.05) is 6.07 Å². The first-order valence-corrected chi connectivity index (χ1v) is 12.0. The maximum atomic E-state index is 10.1. The first-order valence-electron chi connectivity index (χ1n) is 12.0. The monoisotopic (exact) mass is 463 g/mol. The molecule has 8 heteroatoms. The number of carboxylic acids is 2. The number of benzene rings is 1. The molecule has 2 bridgehead atoms. The van der Waals surface area contributed by atoms with E-state index in [-0.39, 0.29) is 0 Å². The van der Waals surface area contributed by atoms with E-state index >= 15 is 0 Å². The Bertz CT molecular complexity index is 841. The fraction of sp³-hybridized carbons (Fsp3) is 0.680. The summed E-state index contributed by atoms with van der Waals surface area (Å²) in [6, 6.07) is 6.94. The summed E-state index contributed by atoms with van der Waals surface area (Å²) >= 11 is 0. The van der Waals surface area contributed by atoms with Crippen LogP contribution < -0.4 is 0 Å². The number of hydrogen-bond acceptors (Lipinski definition) is 6. The number of hydrogen-bond donors (Lipinski definition) is 5. The van der Waals surface area contributed by atoms with Crippen molar-refractivity contribution in [2.45, 2.75) is 82.5 Å². The number of rotatable bonds is 6. The Hall–Kier alpha value is -2.16. The molecule has 2 aliphatic carbocycles. The van der Waals surface area contributed by atoms with Gasteiger partial charge in [-0.2, -0.15) is 0 Å². The number of aliphatic hydroxyl groups excluding tert-OH is 2. The Morgan fingerprint density at radius 3 is 2.39 bits per heavy atom. The first-order chi connectivity index (χ1) is 15.6. The van der Waals surface area contributed by atoms with E-state index in [2.05, 4.69) is 30.9 Å². The van der Waals surface area contributed by atoms with Crippen LogP contribution in [0.3, 0.4) is 0 Å². The third kappa shape index (κ3) is 5.18. The van der Waals surface area contributed by atoms with Crippen molar-refractivity contribution in [3.63, 3.8) is 0 Å². The van der Waals surface area contributed by atoms with Crippen LogP contribution in [0.4, 0.5) is 0 Å². The Morgan fingerprint density at radius 2 is 1.79 bits per heavy atom. The highest BCUT2D eigenvalue weighted by Crippen LogP contribution is 2.56. The van der Waals surface area contributed by atoms with E-state index in [4.69, 9.17) is 20.4 Å². The second-order valence-corrected chi connectivity index (χ2v) is 9.95. The molecule has 4 rings (SSSR count). The zero-order valence-corrected chi connectivity index (χ0v) is 19.5. The predicted octanol–water partition coefficient (Wildman–Crippen LogP) is 2.37. The average molecular weight is 464 g/mol. The molecular weight excluding hydrogens is 426 g/mol. The van der Waals surface area contributed by atoms with Gasteiger partial charge in [0.2, 0.25) is 0 Å². The summed E-state index contributed by atoms with van der Waals surface area (Å²) in [4.78, 5) is 22.4. The topological polar surface area (TPSA) is 139 Å². The molecule has 8 nitrogen and oxygen atoms in total. The number of carboxylic acid groups (broad SMARTS) is 2. The number of piperidine rings is 1. The Morgan fingerprint density at radius 1 is 1.12 bits per heavy atom. The van der Waals surface area contributed by atoms with E-state index in [0.29, 0.717) is 11.2 Å². The molecule has 1 aliphatic heterocycles. The predicted molar refractivity (Wildman–Crippen MR) is 122 cm³/mol. The number of carbonyl (C=O) groups is 2. The molecular formula is C25H37NO7. The molecule has 0 spiro atoms. The smallest absolute Gasteiger partial charge is 0.335 e. The van der Waals surface area contributed by atoms with Gasteiger partial charge in [0, 0.05) is 18.0 Å². The lowest BCUT2D eigenvalue weighted by Crippen LogP contribution is -2.61. The molecule has 2 fully saturated rings. The maximum absolute atomic E-state index is 10.1. The van der Waals surface area contributed by atoms with Gasteiger partial charge in [-0.15, -0.1) is 0 Å². The summed E-state index contributed by atoms with van der Waals surface area (Å²) in [5.41, 5.74) is 3.38. The van der Waals surface area contributed by atoms with E-state index in [1.54, 1.807) is 0 Å². The van der Waals surface area contributed by atoms with Gasteiger partial charge < -0.3 is 25.5 Å². The van der Waals surface area contributed by atoms with Crippen LogP contribution in [0.1, 0.15) is 63.5 Å². The highest BCUT2D eigenvalue weighted by atomic mass is 16.4. The normalized spacial score (nSPS) is 28.8. The van der Waals surface area contributed by atoms with Gasteiger partial charge in [0.1, 0.15) is 5.75 Å². The molecule has 33 heavy (non-hydrogen) atoms. The standard InChI is InChI=1S/C21H31NO.C4H6O6/c1-3-15(2)14-22-11-10-21-9-5-4-6-18(21)20(22)12-16-7-8-17(23)13-19(16)21;5-1(3(7)8)2(6)4(9)10/h7-8,13,15,18,20,23H,3-6,9-12,14H2,1-2H3;1-2,5-6H,(H,7,8)(H,9,10)/t15?,18-,20-,21+;1-,2-/m01/s1. The molecule has 0 aromatic heterocycles. The minimum absolute atomic E-state index is 0.362. The number of likely N-dealkylation sites (tertiary alicyclic amines) is 1. The van der Waals surface area contributed by atoms with Crippen molar-refractivity contribution >= 4 is 11.9 Å². The van der Waals surface area contributed by atoms with Gasteiger partial charge in [0.25, 0.3) is 0 Å². The summed E-state index contributed by atoms with van der Waals surface area (Å²) in [6.07, 6.45) is 4.72. The third-order valence-corrected chi connectivity index (χ3v) is 7.98. The van der Waals surface area contributed by atoms with Gasteiger partial charge in [0.15, 0.2) is 12.2 Å². The van der Waals surface area contributed by atoms with E-state index in [0.717, 1.165) is 17.9 Å². The lowest BCUT2D eigenvalue weighted by molar-refractivity contribution is -0.165. The zero-order chi connectivity index (χ0) is 24.3. The molecule has 0 radical (unpaired) electrons. The number of aromatic hydroxyl groups is 1. The van der Waals surface area contributed by atoms with Gasteiger partial charge >= 0.3 is 11.9 Å². The van der Waals surface area contributed by atoms with Gasteiger partial charge in [-0.05, 0) is 67.3 Å². The zero-order valence-electron chi connectivity index (χ0n) is 19.5. The summed E-state index contributed by atoms with van der Waals surface area (Å²) in [6.45, 7) is 7.23. The van der Waals surface area contributed by atoms with Crippen LogP contribution in [-0.4, -0.2) is 73.7 Å². The molecule has 1 unspecified atom stereocenters. The number of fused-ring (bicyclic) bond motifs is 1. The molecule has 1 aromatic carbocycles. The highest BCUT2D eigenvalue weighted by Gasteiger charge is 2.53. The average Bonchev–Trinajstić information content (AvgIpc) is 2.80. The molecule has 1 saturated heterocycles. The second kappa shape index (κ2) is 10.4. The van der Waals surface area contributed by atoms with Crippen LogP contribution in [0.2, 0.25) is 0 Å². The number of aliphatic hydroxyl groups is 2. The quantitative estimate of drug-likeness (QED) is 0.433. The van der Waals surface area contributed by atoms with Crippen LogP contribution in [-0.2, 0) is 21.4 Å².